The zero-order valence-corrected chi connectivity index (χ0v) is 27.6. The zero-order valence-electron chi connectivity index (χ0n) is 27.6. The number of amides is 1. The Labute approximate surface area is 268 Å². The number of likely N-dealkylation sites (tertiary alicyclic amines) is 1. The molecule has 8 atom stereocenters. The van der Waals surface area contributed by atoms with Gasteiger partial charge in [-0.1, -0.05) is 46.8 Å². The van der Waals surface area contributed by atoms with Crippen molar-refractivity contribution >= 4 is 35.0 Å². The molecule has 3 unspecified atom stereocenters. The predicted octanol–water partition coefficient (Wildman–Crippen LogP) is 1.34. The second kappa shape index (κ2) is 12.0. The molecule has 0 aromatic heterocycles. The summed E-state index contributed by atoms with van der Waals surface area (Å²) in [6.07, 6.45) is 0.375. The number of nitrogens with zero attached hydrogens (tertiary/aromatic N) is 2. The topological polar surface area (TPSA) is 171 Å². The van der Waals surface area contributed by atoms with E-state index in [0.717, 1.165) is 25.9 Å². The number of Topliss-reactive ketones (excluding diaryl/α,β-unsaturated/α-hetero) is 4. The van der Waals surface area contributed by atoms with E-state index in [0.29, 0.717) is 11.1 Å². The molecular weight excluding hydrogens is 594 g/mol. The number of aromatic hydroxyl groups is 1. The van der Waals surface area contributed by atoms with Crippen LogP contribution in [-0.4, -0.2) is 107 Å². The smallest absolute Gasteiger partial charge is 0.305 e. The highest BCUT2D eigenvalue weighted by molar-refractivity contribution is 6.32. The van der Waals surface area contributed by atoms with Gasteiger partial charge in [0.2, 0.25) is 5.91 Å². The Balaban J connectivity index is 1.67. The number of ketones is 4. The predicted molar refractivity (Wildman–Crippen MR) is 165 cm³/mol. The van der Waals surface area contributed by atoms with Gasteiger partial charge in [-0.05, 0) is 62.5 Å². The molecule has 0 bridgehead atoms. The molecule has 1 amide bonds. The minimum Gasteiger partial charge on any atom is -0.507 e. The highest BCUT2D eigenvalue weighted by atomic mass is 16.5. The third kappa shape index (κ3) is 5.09. The summed E-state index contributed by atoms with van der Waals surface area (Å²) in [4.78, 5) is 87.1. The van der Waals surface area contributed by atoms with Crippen molar-refractivity contribution in [2.24, 2.45) is 23.7 Å². The Morgan fingerprint density at radius 3 is 2.28 bits per heavy atom. The van der Waals surface area contributed by atoms with E-state index in [1.165, 1.54) is 19.0 Å². The minimum absolute atomic E-state index is 0.0828. The van der Waals surface area contributed by atoms with Crippen molar-refractivity contribution in [2.45, 2.75) is 83.0 Å². The Morgan fingerprint density at radius 2 is 1.72 bits per heavy atom. The maximum Gasteiger partial charge on any atom is 0.305 e. The summed E-state index contributed by atoms with van der Waals surface area (Å²) in [5, 5.41) is 26.4. The SMILES string of the molecule is CCC(=O)O[C@H]1[C@H]2C(C(=O)c3c(ccc(C(C)(C)C)c3O)[C@@H]2C)C(=O)[C@]2(O)C(=O)C(C(=O)NCN3CCCC3)C(=O)C(N(C)C)[C@H]12. The number of hydrogen-bond acceptors (Lipinski definition) is 11. The normalized spacial score (nSPS) is 33.0. The quantitative estimate of drug-likeness (QED) is 0.303. The molecule has 2 saturated carbocycles. The third-order valence-corrected chi connectivity index (χ3v) is 10.5. The van der Waals surface area contributed by atoms with E-state index in [4.69, 9.17) is 4.74 Å². The molecule has 0 spiro atoms. The lowest BCUT2D eigenvalue weighted by atomic mass is 9.49. The van der Waals surface area contributed by atoms with Crippen LogP contribution in [0.1, 0.15) is 81.3 Å². The van der Waals surface area contributed by atoms with Gasteiger partial charge in [-0.15, -0.1) is 0 Å². The first-order valence-electron chi connectivity index (χ1n) is 16.1. The van der Waals surface area contributed by atoms with Gasteiger partial charge in [-0.3, -0.25) is 38.6 Å². The number of fused-ring (bicyclic) bond motifs is 3. The number of carbonyl (C=O) groups excluding carboxylic acids is 6. The van der Waals surface area contributed by atoms with Gasteiger partial charge in [0.15, 0.2) is 34.7 Å². The summed E-state index contributed by atoms with van der Waals surface area (Å²) < 4.78 is 5.92. The standard InChI is InChI=1S/C34H45N3O9/c1-8-19(38)46-29-20-16(2)17-11-12-18(33(3,4)5)26(39)21(17)27(40)22(20)30(42)34(45)24(29)25(36(6)7)28(41)23(31(34)43)32(44)35-15-37-13-9-10-14-37/h11-12,16,20,22-25,29,39,45H,8-10,13-15H2,1-7H3,(H,35,44)/t16-,20+,22?,23?,24+,25?,29-,34-/m0/s1. The van der Waals surface area contributed by atoms with Crippen molar-refractivity contribution in [1.29, 1.82) is 0 Å². The molecule has 3 aliphatic carbocycles. The first-order chi connectivity index (χ1) is 21.5. The Hall–Kier alpha value is -3.48. The number of likely N-dealkylation sites (N-methyl/N-ethyl adjacent to an activating group) is 1. The van der Waals surface area contributed by atoms with Crippen LogP contribution in [0.15, 0.2) is 12.1 Å². The van der Waals surface area contributed by atoms with Crippen molar-refractivity contribution in [3.05, 3.63) is 28.8 Å². The maximum absolute atomic E-state index is 14.6. The number of benzene rings is 1. The van der Waals surface area contributed by atoms with E-state index in [2.05, 4.69) is 5.32 Å². The van der Waals surface area contributed by atoms with Gasteiger partial charge in [0.25, 0.3) is 0 Å². The molecule has 250 valence electrons. The van der Waals surface area contributed by atoms with Crippen LogP contribution in [0.4, 0.5) is 0 Å². The van der Waals surface area contributed by atoms with Crippen LogP contribution in [0.5, 0.6) is 5.75 Å². The molecule has 1 aromatic carbocycles. The van der Waals surface area contributed by atoms with E-state index in [-0.39, 0.29) is 24.4 Å². The number of ether oxygens (including phenoxy) is 1. The fourth-order valence-electron chi connectivity index (χ4n) is 8.16. The summed E-state index contributed by atoms with van der Waals surface area (Å²) in [6, 6.07) is 2.04. The van der Waals surface area contributed by atoms with E-state index < -0.39 is 87.8 Å². The molecule has 3 N–H and O–H groups in total. The summed E-state index contributed by atoms with van der Waals surface area (Å²) in [6.45, 7) is 10.4. The largest absolute Gasteiger partial charge is 0.507 e. The first-order valence-corrected chi connectivity index (χ1v) is 16.1. The number of rotatable bonds is 6. The van der Waals surface area contributed by atoms with Gasteiger partial charge in [0.1, 0.15) is 11.9 Å². The summed E-state index contributed by atoms with van der Waals surface area (Å²) in [7, 11) is 3.04. The molecule has 46 heavy (non-hydrogen) atoms. The Kier molecular flexibility index (Phi) is 8.80. The fraction of sp³-hybridized carbons (Fsp3) is 0.647. The molecule has 12 heteroatoms. The van der Waals surface area contributed by atoms with Gasteiger partial charge in [-0.2, -0.15) is 0 Å². The number of carbonyl (C=O) groups is 6. The number of hydrogen-bond donors (Lipinski definition) is 3. The van der Waals surface area contributed by atoms with Gasteiger partial charge in [0, 0.05) is 12.3 Å². The van der Waals surface area contributed by atoms with Gasteiger partial charge in [-0.25, -0.2) is 0 Å². The second-order valence-electron chi connectivity index (χ2n) is 14.5. The van der Waals surface area contributed by atoms with Crippen molar-refractivity contribution in [2.75, 3.05) is 33.9 Å². The van der Waals surface area contributed by atoms with Gasteiger partial charge in [0.05, 0.1) is 30.1 Å². The molecule has 1 saturated heterocycles. The molecule has 5 rings (SSSR count). The van der Waals surface area contributed by atoms with Crippen LogP contribution in [0, 0.1) is 23.7 Å². The van der Waals surface area contributed by atoms with Crippen LogP contribution in [0.2, 0.25) is 0 Å². The average Bonchev–Trinajstić information content (AvgIpc) is 3.50. The number of esters is 1. The van der Waals surface area contributed by atoms with Crippen molar-refractivity contribution in [3.63, 3.8) is 0 Å². The first kappa shape index (κ1) is 33.9. The van der Waals surface area contributed by atoms with Crippen molar-refractivity contribution < 1.29 is 43.7 Å². The third-order valence-electron chi connectivity index (χ3n) is 10.5. The molecule has 1 heterocycles. The number of phenolic OH excluding ortho intramolecular Hbond substituents is 1. The molecule has 1 aliphatic heterocycles. The number of nitrogens with one attached hydrogen (secondary N) is 1. The van der Waals surface area contributed by atoms with E-state index in [1.54, 1.807) is 26.0 Å². The summed E-state index contributed by atoms with van der Waals surface area (Å²) in [5.41, 5.74) is -2.75. The number of phenols is 1. The van der Waals surface area contributed by atoms with Crippen LogP contribution < -0.4 is 5.32 Å². The highest BCUT2D eigenvalue weighted by Gasteiger charge is 2.74. The fourth-order valence-corrected chi connectivity index (χ4v) is 8.16. The Bertz CT molecular complexity index is 1490. The van der Waals surface area contributed by atoms with E-state index >= 15 is 0 Å². The number of aliphatic hydroxyl groups is 1. The van der Waals surface area contributed by atoms with Crippen LogP contribution in [0.3, 0.4) is 0 Å². The Morgan fingerprint density at radius 1 is 1.09 bits per heavy atom. The maximum atomic E-state index is 14.6. The molecule has 4 aliphatic rings. The molecular formula is C34H45N3O9. The lowest BCUT2D eigenvalue weighted by Crippen LogP contribution is -2.78. The molecule has 1 aromatic rings. The second-order valence-corrected chi connectivity index (χ2v) is 14.5. The van der Waals surface area contributed by atoms with Crippen LogP contribution in [-0.2, 0) is 34.1 Å². The minimum atomic E-state index is -3.01. The molecule has 3 fully saturated rings. The van der Waals surface area contributed by atoms with Gasteiger partial charge >= 0.3 is 5.97 Å². The van der Waals surface area contributed by atoms with Gasteiger partial charge < -0.3 is 20.3 Å². The molecule has 12 nitrogen and oxygen atoms in total. The average molecular weight is 640 g/mol. The lowest BCUT2D eigenvalue weighted by molar-refractivity contribution is -0.205. The van der Waals surface area contributed by atoms with E-state index in [9.17, 15) is 39.0 Å². The van der Waals surface area contributed by atoms with Crippen LogP contribution in [0.25, 0.3) is 0 Å². The lowest BCUT2D eigenvalue weighted by Gasteiger charge is -2.56. The highest BCUT2D eigenvalue weighted by Crippen LogP contribution is 2.56. The molecule has 0 radical (unpaired) electrons. The monoisotopic (exact) mass is 639 g/mol. The summed E-state index contributed by atoms with van der Waals surface area (Å²) in [5.74, 6) is -13.1. The van der Waals surface area contributed by atoms with Crippen molar-refractivity contribution in [3.8, 4) is 5.75 Å². The zero-order chi connectivity index (χ0) is 34.0. The van der Waals surface area contributed by atoms with Crippen molar-refractivity contribution in [1.82, 2.24) is 15.1 Å². The van der Waals surface area contributed by atoms with E-state index in [1.807, 2.05) is 25.7 Å². The van der Waals surface area contributed by atoms with Crippen LogP contribution >= 0.6 is 0 Å². The summed E-state index contributed by atoms with van der Waals surface area (Å²) >= 11 is 0.